The number of aromatic hydroxyl groups is 1. The summed E-state index contributed by atoms with van der Waals surface area (Å²) in [6, 6.07) is 3.43. The van der Waals surface area contributed by atoms with Crippen molar-refractivity contribution < 1.29 is 36.9 Å². The molecule has 10 nitrogen and oxygen atoms in total. The van der Waals surface area contributed by atoms with E-state index in [0.29, 0.717) is 18.6 Å². The smallest absolute Gasteiger partial charge is 0.319 e. The highest BCUT2D eigenvalue weighted by Crippen LogP contribution is 2.47. The number of terminal acetylenes is 1. The van der Waals surface area contributed by atoms with E-state index in [1.165, 1.54) is 24.4 Å². The predicted octanol–water partition coefficient (Wildman–Crippen LogP) is 5.21. The summed E-state index contributed by atoms with van der Waals surface area (Å²) in [5.41, 5.74) is -0.757. The molecule has 3 aliphatic rings. The highest BCUT2D eigenvalue weighted by atomic mass is 19.3. The first-order valence-electron chi connectivity index (χ1n) is 16.8. The van der Waals surface area contributed by atoms with Gasteiger partial charge in [0, 0.05) is 61.7 Å². The molecule has 0 radical (unpaired) electrons. The van der Waals surface area contributed by atoms with Crippen LogP contribution in [-0.4, -0.2) is 95.4 Å². The third-order valence-electron chi connectivity index (χ3n) is 9.87. The van der Waals surface area contributed by atoms with Gasteiger partial charge in [-0.05, 0) is 48.9 Å². The van der Waals surface area contributed by atoms with E-state index in [1.807, 2.05) is 0 Å². The lowest BCUT2D eigenvalue weighted by Crippen LogP contribution is -2.52. The Morgan fingerprint density at radius 2 is 1.96 bits per heavy atom. The molecule has 2 aromatic heterocycles. The minimum absolute atomic E-state index is 0.0311. The molecule has 1 saturated carbocycles. The van der Waals surface area contributed by atoms with Crippen molar-refractivity contribution in [1.29, 1.82) is 0 Å². The summed E-state index contributed by atoms with van der Waals surface area (Å²) in [5, 5.41) is 13.5. The van der Waals surface area contributed by atoms with E-state index in [9.17, 15) is 14.3 Å². The number of morpholine rings is 1. The van der Waals surface area contributed by atoms with Crippen LogP contribution in [0, 0.1) is 29.4 Å². The van der Waals surface area contributed by atoms with E-state index < -0.39 is 35.9 Å². The number of phenolic OH excluding ortho intramolecular Hbond substituents is 1. The summed E-state index contributed by atoms with van der Waals surface area (Å²) in [5.74, 6) is -3.46. The van der Waals surface area contributed by atoms with Crippen LogP contribution in [0.4, 0.5) is 23.4 Å². The lowest BCUT2D eigenvalue weighted by atomic mass is 9.96. The Hall–Kier alpha value is -5.00. The largest absolute Gasteiger partial charge is 0.508 e. The zero-order valence-corrected chi connectivity index (χ0v) is 27.7. The number of ether oxygens (including phenoxy) is 2. The summed E-state index contributed by atoms with van der Waals surface area (Å²) >= 11 is 0. The molecule has 1 amide bonds. The number of carbonyl (C=O) groups excluding carboxylic acids is 1. The molecule has 4 aromatic rings. The van der Waals surface area contributed by atoms with Crippen LogP contribution in [-0.2, 0) is 9.53 Å². The number of nitrogens with zero attached hydrogens (tertiary/aromatic N) is 5. The fraction of sp³-hybridized carbons (Fsp3) is 0.405. The lowest BCUT2D eigenvalue weighted by Gasteiger charge is -2.31. The molecule has 1 atom stereocenters. The third kappa shape index (κ3) is 6.88. The molecule has 3 fully saturated rings. The molecule has 2 aliphatic heterocycles. The maximum absolute atomic E-state index is 16.9. The van der Waals surface area contributed by atoms with E-state index in [1.54, 1.807) is 4.90 Å². The standard InChI is InChI=1S/C37H36F4N6O4/c1-3-24-27(38)7-6-22-16-23(48)17-25(30(22)24)32-31(39)33-26(18-42-32)34(47-11-5-8-37(40,41)28(19-47)43-29(49)4-2)45-35(44-33)51-21-36(9-10-36)20-46-12-14-50-15-13-46/h1,4,6-7,16-18,28,48H,2,5,8-15,19-21H2,(H,43,49)/t28-/m1/s1. The van der Waals surface area contributed by atoms with Crippen molar-refractivity contribution in [1.82, 2.24) is 25.2 Å². The summed E-state index contributed by atoms with van der Waals surface area (Å²) in [6.45, 7) is 7.06. The second-order valence-corrected chi connectivity index (χ2v) is 13.4. The number of anilines is 1. The lowest BCUT2D eigenvalue weighted by molar-refractivity contribution is -0.121. The zero-order chi connectivity index (χ0) is 35.9. The maximum atomic E-state index is 16.9. The molecule has 1 aliphatic carbocycles. The Bertz CT molecular complexity index is 2060. The summed E-state index contributed by atoms with van der Waals surface area (Å²) in [6.07, 6.45) is 9.26. The van der Waals surface area contributed by atoms with Crippen LogP contribution < -0.4 is 15.0 Å². The van der Waals surface area contributed by atoms with E-state index in [4.69, 9.17) is 15.9 Å². The van der Waals surface area contributed by atoms with E-state index in [0.717, 1.165) is 44.6 Å². The number of rotatable bonds is 9. The van der Waals surface area contributed by atoms with Crippen molar-refractivity contribution in [3.8, 4) is 35.4 Å². The average Bonchev–Trinajstić information content (AvgIpc) is 3.90. The Kier molecular flexibility index (Phi) is 9.19. The molecule has 0 spiro atoms. The minimum Gasteiger partial charge on any atom is -0.508 e. The summed E-state index contributed by atoms with van der Waals surface area (Å²) in [4.78, 5) is 29.5. The first kappa shape index (κ1) is 34.4. The van der Waals surface area contributed by atoms with Gasteiger partial charge in [0.25, 0.3) is 5.92 Å². The second-order valence-electron chi connectivity index (χ2n) is 13.4. The van der Waals surface area contributed by atoms with E-state index in [2.05, 4.69) is 37.7 Å². The molecule has 0 bridgehead atoms. The number of alkyl halides is 2. The van der Waals surface area contributed by atoms with Gasteiger partial charge in [-0.1, -0.05) is 18.6 Å². The van der Waals surface area contributed by atoms with Gasteiger partial charge in [-0.15, -0.1) is 6.42 Å². The quantitative estimate of drug-likeness (QED) is 0.138. The fourth-order valence-corrected chi connectivity index (χ4v) is 6.94. The molecule has 266 valence electrons. The monoisotopic (exact) mass is 704 g/mol. The molecular weight excluding hydrogens is 668 g/mol. The van der Waals surface area contributed by atoms with Gasteiger partial charge < -0.3 is 24.8 Å². The topological polar surface area (TPSA) is 113 Å². The number of halogens is 4. The number of fused-ring (bicyclic) bond motifs is 2. The van der Waals surface area contributed by atoms with Crippen molar-refractivity contribution in [3.05, 3.63) is 60.3 Å². The first-order valence-corrected chi connectivity index (χ1v) is 16.8. The SMILES string of the molecule is C#Cc1c(F)ccc2cc(O)cc(-c3ncc4c(N5CCCC(F)(F)[C@H](NC(=O)C=C)C5)nc(OCC5(CN6CCOCC6)CC5)nc4c3F)c12. The van der Waals surface area contributed by atoms with Gasteiger partial charge in [-0.2, -0.15) is 9.97 Å². The molecule has 2 N–H and O–H groups in total. The molecule has 2 aromatic carbocycles. The number of nitrogens with one attached hydrogen (secondary N) is 1. The van der Waals surface area contributed by atoms with Gasteiger partial charge in [-0.25, -0.2) is 17.6 Å². The van der Waals surface area contributed by atoms with Gasteiger partial charge in [0.2, 0.25) is 5.91 Å². The maximum Gasteiger partial charge on any atom is 0.319 e. The van der Waals surface area contributed by atoms with Crippen LogP contribution in [0.15, 0.2) is 43.1 Å². The molecule has 51 heavy (non-hydrogen) atoms. The first-order chi connectivity index (χ1) is 24.5. The number of aromatic nitrogens is 3. The minimum atomic E-state index is -3.25. The number of pyridine rings is 1. The Labute approximate surface area is 291 Å². The van der Waals surface area contributed by atoms with Gasteiger partial charge in [0.15, 0.2) is 5.82 Å². The van der Waals surface area contributed by atoms with Gasteiger partial charge in [0.1, 0.15) is 34.6 Å². The third-order valence-corrected chi connectivity index (χ3v) is 9.87. The summed E-state index contributed by atoms with van der Waals surface area (Å²) < 4.78 is 73.9. The van der Waals surface area contributed by atoms with E-state index >= 15 is 13.2 Å². The van der Waals surface area contributed by atoms with Crippen LogP contribution in [0.25, 0.3) is 32.9 Å². The fourth-order valence-electron chi connectivity index (χ4n) is 6.94. The Morgan fingerprint density at radius 3 is 2.69 bits per heavy atom. The van der Waals surface area contributed by atoms with Crippen molar-refractivity contribution in [2.75, 3.05) is 57.4 Å². The van der Waals surface area contributed by atoms with Gasteiger partial charge >= 0.3 is 6.01 Å². The number of benzene rings is 2. The summed E-state index contributed by atoms with van der Waals surface area (Å²) in [7, 11) is 0. The van der Waals surface area contributed by atoms with Crippen molar-refractivity contribution in [2.24, 2.45) is 5.41 Å². The van der Waals surface area contributed by atoms with Gasteiger partial charge in [-0.3, -0.25) is 14.7 Å². The highest BCUT2D eigenvalue weighted by Gasteiger charge is 2.46. The molecule has 2 saturated heterocycles. The average molecular weight is 705 g/mol. The van der Waals surface area contributed by atoms with Gasteiger partial charge in [0.05, 0.1) is 30.8 Å². The number of carbonyl (C=O) groups is 1. The molecular formula is C37H36F4N6O4. The molecule has 7 rings (SSSR count). The highest BCUT2D eigenvalue weighted by molar-refractivity contribution is 6.03. The molecule has 0 unspecified atom stereocenters. The normalized spacial score (nSPS) is 20.1. The number of phenols is 1. The van der Waals surface area contributed by atoms with Crippen LogP contribution in [0.3, 0.4) is 0 Å². The van der Waals surface area contributed by atoms with E-state index in [-0.39, 0.29) is 82.2 Å². The molecule has 4 heterocycles. The number of hydrogen-bond donors (Lipinski definition) is 2. The van der Waals surface area contributed by atoms with Crippen molar-refractivity contribution >= 4 is 33.4 Å². The van der Waals surface area contributed by atoms with Crippen LogP contribution in [0.2, 0.25) is 0 Å². The number of amides is 1. The van der Waals surface area contributed by atoms with Crippen LogP contribution in [0.1, 0.15) is 31.2 Å². The Morgan fingerprint density at radius 1 is 1.18 bits per heavy atom. The number of hydrogen-bond acceptors (Lipinski definition) is 9. The van der Waals surface area contributed by atoms with Crippen LogP contribution in [0.5, 0.6) is 11.8 Å². The Balaban J connectivity index is 1.34. The predicted molar refractivity (Wildman–Crippen MR) is 183 cm³/mol. The van der Waals surface area contributed by atoms with Crippen molar-refractivity contribution in [3.63, 3.8) is 0 Å². The van der Waals surface area contributed by atoms with Crippen molar-refractivity contribution in [2.45, 2.75) is 37.6 Å². The zero-order valence-electron chi connectivity index (χ0n) is 27.7. The molecule has 14 heteroatoms. The second kappa shape index (κ2) is 13.6. The van der Waals surface area contributed by atoms with Crippen LogP contribution >= 0.6 is 0 Å².